The van der Waals surface area contributed by atoms with Gasteiger partial charge in [0.15, 0.2) is 11.6 Å². The van der Waals surface area contributed by atoms with E-state index >= 15 is 0 Å². The largest absolute Gasteiger partial charge is 0.473 e. The van der Waals surface area contributed by atoms with Gasteiger partial charge in [0.1, 0.15) is 12.4 Å². The van der Waals surface area contributed by atoms with Crippen molar-refractivity contribution >= 4 is 11.7 Å². The van der Waals surface area contributed by atoms with Crippen LogP contribution >= 0.6 is 0 Å². The Hall–Kier alpha value is -2.97. The fraction of sp³-hybridized carbons (Fsp3) is 0.450. The first-order chi connectivity index (χ1) is 14.0. The number of anilines is 1. The quantitative estimate of drug-likeness (QED) is 0.776. The summed E-state index contributed by atoms with van der Waals surface area (Å²) in [6, 6.07) is 5.25. The van der Waals surface area contributed by atoms with E-state index in [1.807, 2.05) is 4.90 Å². The predicted molar refractivity (Wildman–Crippen MR) is 99.6 cm³/mol. The van der Waals surface area contributed by atoms with E-state index in [-0.39, 0.29) is 30.4 Å². The minimum Gasteiger partial charge on any atom is -0.473 e. The maximum Gasteiger partial charge on any atom is 0.352 e. The number of hydrogen-bond acceptors (Lipinski definition) is 5. The third kappa shape index (κ3) is 3.34. The molecule has 5 rings (SSSR count). The molecule has 9 heteroatoms. The summed E-state index contributed by atoms with van der Waals surface area (Å²) < 4.78 is 33.6. The number of ether oxygens (including phenoxy) is 1. The van der Waals surface area contributed by atoms with Crippen LogP contribution in [0.3, 0.4) is 0 Å². The van der Waals surface area contributed by atoms with Gasteiger partial charge in [-0.1, -0.05) is 6.07 Å². The minimum atomic E-state index is -0.950. The van der Waals surface area contributed by atoms with Gasteiger partial charge in [-0.25, -0.2) is 13.6 Å². The highest BCUT2D eigenvalue weighted by molar-refractivity contribution is 5.81. The third-order valence-corrected chi connectivity index (χ3v) is 5.75. The molecule has 29 heavy (non-hydrogen) atoms. The molecule has 2 fully saturated rings. The van der Waals surface area contributed by atoms with Crippen LogP contribution in [0.25, 0.3) is 0 Å². The second-order valence-corrected chi connectivity index (χ2v) is 7.79. The van der Waals surface area contributed by atoms with Crippen LogP contribution in [0.5, 0.6) is 5.88 Å². The van der Waals surface area contributed by atoms with Crippen molar-refractivity contribution in [1.82, 2.24) is 14.5 Å². The minimum absolute atomic E-state index is 0.0276. The fourth-order valence-corrected chi connectivity index (χ4v) is 4.06. The number of fused-ring (bicyclic) bond motifs is 3. The number of benzene rings is 1. The molecule has 1 aromatic carbocycles. The van der Waals surface area contributed by atoms with Crippen LogP contribution in [0.1, 0.15) is 18.4 Å². The third-order valence-electron chi connectivity index (χ3n) is 5.75. The molecular weight excluding hydrogens is 382 g/mol. The summed E-state index contributed by atoms with van der Waals surface area (Å²) in [5.41, 5.74) is 0.0219. The van der Waals surface area contributed by atoms with Crippen molar-refractivity contribution in [1.29, 1.82) is 0 Å². The molecule has 0 radical (unpaired) electrons. The highest BCUT2D eigenvalue weighted by Crippen LogP contribution is 2.34. The highest BCUT2D eigenvalue weighted by atomic mass is 19.2. The number of carbonyl (C=O) groups excluding carboxylic acids is 1. The lowest BCUT2D eigenvalue weighted by molar-refractivity contribution is -0.133. The van der Waals surface area contributed by atoms with Gasteiger partial charge in [0, 0.05) is 31.6 Å². The second-order valence-electron chi connectivity index (χ2n) is 7.79. The Morgan fingerprint density at radius 2 is 1.97 bits per heavy atom. The molecule has 1 saturated heterocycles. The standard InChI is InChI=1S/C20H20F2N4O3/c21-15-4-1-12(7-16(15)22)11-29-17-8-18-25-6-5-24(19(27)13-2-3-13)9-14(25)10-26(18)20(28)23-17/h1,4,7-8,13-14H,2-3,5-6,9-11H2. The fourth-order valence-electron chi connectivity index (χ4n) is 4.06. The summed E-state index contributed by atoms with van der Waals surface area (Å²) in [7, 11) is 0. The maximum atomic E-state index is 13.3. The van der Waals surface area contributed by atoms with Crippen LogP contribution in [0.2, 0.25) is 0 Å². The Kier molecular flexibility index (Phi) is 4.25. The lowest BCUT2D eigenvalue weighted by Gasteiger charge is -2.38. The number of nitrogens with zero attached hydrogens (tertiary/aromatic N) is 4. The van der Waals surface area contributed by atoms with E-state index in [4.69, 9.17) is 4.74 Å². The second kappa shape index (κ2) is 6.82. The molecule has 3 heterocycles. The number of amides is 1. The van der Waals surface area contributed by atoms with Crippen molar-refractivity contribution in [2.24, 2.45) is 5.92 Å². The molecule has 0 spiro atoms. The molecule has 1 amide bonds. The van der Waals surface area contributed by atoms with E-state index in [2.05, 4.69) is 9.88 Å². The summed E-state index contributed by atoms with van der Waals surface area (Å²) in [5.74, 6) is -0.605. The first kappa shape index (κ1) is 18.1. The van der Waals surface area contributed by atoms with Gasteiger partial charge in [0.2, 0.25) is 11.8 Å². The van der Waals surface area contributed by atoms with Gasteiger partial charge in [0.25, 0.3) is 0 Å². The van der Waals surface area contributed by atoms with Crippen LogP contribution in [-0.4, -0.2) is 46.0 Å². The number of aromatic nitrogens is 2. The predicted octanol–water partition coefficient (Wildman–Crippen LogP) is 1.54. The number of carbonyl (C=O) groups is 1. The summed E-state index contributed by atoms with van der Waals surface area (Å²) in [6.45, 7) is 2.34. The normalized spacial score (nSPS) is 20.4. The Morgan fingerprint density at radius 3 is 2.72 bits per heavy atom. The molecule has 1 saturated carbocycles. The molecule has 0 N–H and O–H groups in total. The van der Waals surface area contributed by atoms with Gasteiger partial charge in [-0.2, -0.15) is 4.98 Å². The van der Waals surface area contributed by atoms with Gasteiger partial charge >= 0.3 is 5.69 Å². The zero-order chi connectivity index (χ0) is 20.1. The van der Waals surface area contributed by atoms with Crippen LogP contribution in [0.4, 0.5) is 14.6 Å². The summed E-state index contributed by atoms with van der Waals surface area (Å²) in [4.78, 5) is 32.8. The van der Waals surface area contributed by atoms with Crippen molar-refractivity contribution in [2.75, 3.05) is 24.5 Å². The van der Waals surface area contributed by atoms with Gasteiger partial charge in [-0.15, -0.1) is 0 Å². The van der Waals surface area contributed by atoms with Crippen LogP contribution in [0, 0.1) is 17.6 Å². The zero-order valence-corrected chi connectivity index (χ0v) is 15.7. The molecule has 2 aromatic rings. The molecule has 2 aliphatic heterocycles. The van der Waals surface area contributed by atoms with Crippen LogP contribution < -0.4 is 15.3 Å². The van der Waals surface area contributed by atoms with Crippen molar-refractivity contribution in [3.8, 4) is 5.88 Å². The van der Waals surface area contributed by atoms with E-state index < -0.39 is 17.3 Å². The topological polar surface area (TPSA) is 67.7 Å². The van der Waals surface area contributed by atoms with Gasteiger partial charge in [-0.3, -0.25) is 9.36 Å². The number of hydrogen-bond donors (Lipinski definition) is 0. The highest BCUT2D eigenvalue weighted by Gasteiger charge is 2.40. The van der Waals surface area contributed by atoms with E-state index in [0.717, 1.165) is 25.0 Å². The van der Waals surface area contributed by atoms with Crippen LogP contribution in [-0.2, 0) is 17.9 Å². The monoisotopic (exact) mass is 402 g/mol. The molecule has 152 valence electrons. The van der Waals surface area contributed by atoms with Crippen molar-refractivity contribution in [3.63, 3.8) is 0 Å². The molecule has 1 aliphatic carbocycles. The number of piperazine rings is 1. The summed E-state index contributed by atoms with van der Waals surface area (Å²) in [6.07, 6.45) is 1.96. The molecule has 1 unspecified atom stereocenters. The lowest BCUT2D eigenvalue weighted by Crippen LogP contribution is -2.54. The van der Waals surface area contributed by atoms with Crippen LogP contribution in [0.15, 0.2) is 29.1 Å². The van der Waals surface area contributed by atoms with E-state index in [0.29, 0.717) is 37.6 Å². The smallest absolute Gasteiger partial charge is 0.352 e. The van der Waals surface area contributed by atoms with Gasteiger partial charge in [0.05, 0.1) is 12.6 Å². The van der Waals surface area contributed by atoms with Crippen molar-refractivity contribution in [3.05, 3.63) is 51.9 Å². The van der Waals surface area contributed by atoms with Gasteiger partial charge in [-0.05, 0) is 30.5 Å². The van der Waals surface area contributed by atoms with Crippen molar-refractivity contribution in [2.45, 2.75) is 32.0 Å². The first-order valence-electron chi connectivity index (χ1n) is 9.73. The summed E-state index contributed by atoms with van der Waals surface area (Å²) in [5, 5.41) is 0. The average molecular weight is 402 g/mol. The Morgan fingerprint density at radius 1 is 1.14 bits per heavy atom. The molecule has 1 aromatic heterocycles. The first-order valence-corrected chi connectivity index (χ1v) is 9.73. The lowest BCUT2D eigenvalue weighted by atomic mass is 10.1. The zero-order valence-electron chi connectivity index (χ0n) is 15.7. The number of rotatable bonds is 4. The van der Waals surface area contributed by atoms with E-state index in [9.17, 15) is 18.4 Å². The van der Waals surface area contributed by atoms with Crippen molar-refractivity contribution < 1.29 is 18.3 Å². The Bertz CT molecular complexity index is 1040. The maximum absolute atomic E-state index is 13.3. The Labute approximate surface area is 165 Å². The molecular formula is C20H20F2N4O3. The van der Waals surface area contributed by atoms with E-state index in [1.165, 1.54) is 6.07 Å². The Balaban J connectivity index is 1.31. The van der Waals surface area contributed by atoms with Gasteiger partial charge < -0.3 is 14.5 Å². The summed E-state index contributed by atoms with van der Waals surface area (Å²) >= 11 is 0. The molecule has 1 atom stereocenters. The average Bonchev–Trinajstić information content (AvgIpc) is 3.49. The number of halogens is 2. The molecule has 0 bridgehead atoms. The van der Waals surface area contributed by atoms with E-state index in [1.54, 1.807) is 10.6 Å². The molecule has 7 nitrogen and oxygen atoms in total. The SMILES string of the molecule is O=C(C1CC1)N1CCN2c3cc(OCc4ccc(F)c(F)c4)nc(=O)n3CC2C1. The molecule has 3 aliphatic rings.